The van der Waals surface area contributed by atoms with Gasteiger partial charge in [0.25, 0.3) is 0 Å². The highest BCUT2D eigenvalue weighted by molar-refractivity contribution is 7.41. The van der Waals surface area contributed by atoms with Gasteiger partial charge < -0.3 is 24.1 Å². The Labute approximate surface area is 291 Å². The lowest BCUT2D eigenvalue weighted by Gasteiger charge is -2.24. The Morgan fingerprint density at radius 2 is 1.69 bits per heavy atom. The first kappa shape index (κ1) is 39.9. The number of benzene rings is 2. The van der Waals surface area contributed by atoms with E-state index >= 15 is 0 Å². The van der Waals surface area contributed by atoms with Gasteiger partial charge in [0.2, 0.25) is 11.8 Å². The van der Waals surface area contributed by atoms with E-state index in [4.69, 9.17) is 13.7 Å². The molecule has 12 nitrogen and oxygen atoms in total. The number of nitrogens with one attached hydrogen (secondary N) is 1. The highest BCUT2D eigenvalue weighted by atomic mass is 31.2. The van der Waals surface area contributed by atoms with Crippen molar-refractivity contribution in [3.05, 3.63) is 65.9 Å². The highest BCUT2D eigenvalue weighted by Crippen LogP contribution is 2.41. The normalized spacial score (nSPS) is 11.9. The molecule has 0 spiro atoms. The van der Waals surface area contributed by atoms with E-state index in [0.717, 1.165) is 79.4 Å². The third-order valence-corrected chi connectivity index (χ3v) is 8.90. The summed E-state index contributed by atoms with van der Waals surface area (Å²) in [5.74, 6) is -0.0315. The molecule has 0 saturated heterocycles. The van der Waals surface area contributed by atoms with Crippen molar-refractivity contribution in [3.63, 3.8) is 0 Å². The first-order chi connectivity index (χ1) is 23.8. The van der Waals surface area contributed by atoms with Gasteiger partial charge in [0.15, 0.2) is 0 Å². The number of aromatic nitrogens is 3. The quantitative estimate of drug-likeness (QED) is 0.0319. The molecule has 0 fully saturated rings. The summed E-state index contributed by atoms with van der Waals surface area (Å²) < 4.78 is 18.1. The summed E-state index contributed by atoms with van der Waals surface area (Å²) in [5.41, 5.74) is 4.43. The molecule has 0 aliphatic heterocycles. The van der Waals surface area contributed by atoms with Crippen molar-refractivity contribution >= 4 is 32.4 Å². The number of carbonyl (C=O) groups excluding carboxylic acids is 3. The Kier molecular flexibility index (Phi) is 18.7. The van der Waals surface area contributed by atoms with Crippen LogP contribution >= 0.6 is 8.60 Å². The average Bonchev–Trinajstić information content (AvgIpc) is 3.46. The van der Waals surface area contributed by atoms with Gasteiger partial charge in [-0.3, -0.25) is 9.59 Å². The van der Waals surface area contributed by atoms with Crippen LogP contribution in [0.3, 0.4) is 0 Å². The van der Waals surface area contributed by atoms with Crippen LogP contribution in [-0.2, 0) is 46.1 Å². The van der Waals surface area contributed by atoms with Crippen molar-refractivity contribution in [2.24, 2.45) is 0 Å². The molecule has 1 heterocycles. The summed E-state index contributed by atoms with van der Waals surface area (Å²) in [4.78, 5) is 42.9. The van der Waals surface area contributed by atoms with Crippen molar-refractivity contribution in [1.29, 1.82) is 0 Å². The SMILES string of the molecule is COOP(OCCCCCCNC(=O)CCCCCn1nnc(C)c1-c1ccccc1CN(C(=O)CCC=O)c1ccccc1)OC(C)C. The van der Waals surface area contributed by atoms with Crippen LogP contribution in [-0.4, -0.2) is 59.5 Å². The Balaban J connectivity index is 1.42. The van der Waals surface area contributed by atoms with Gasteiger partial charge in [0, 0.05) is 43.6 Å². The van der Waals surface area contributed by atoms with Gasteiger partial charge in [-0.15, -0.1) is 5.10 Å². The van der Waals surface area contributed by atoms with Crippen LogP contribution in [0.4, 0.5) is 5.69 Å². The zero-order valence-corrected chi connectivity index (χ0v) is 30.2. The minimum absolute atomic E-state index is 0.00593. The molecule has 3 rings (SSSR count). The molecule has 1 atom stereocenters. The maximum atomic E-state index is 13.2. The van der Waals surface area contributed by atoms with Crippen LogP contribution in [0.2, 0.25) is 0 Å². The average molecular weight is 698 g/mol. The number of nitrogens with zero attached hydrogens (tertiary/aromatic N) is 4. The third-order valence-electron chi connectivity index (χ3n) is 7.65. The van der Waals surface area contributed by atoms with Gasteiger partial charge in [-0.05, 0) is 64.2 Å². The molecule has 13 heteroatoms. The van der Waals surface area contributed by atoms with E-state index in [9.17, 15) is 14.4 Å². The van der Waals surface area contributed by atoms with Crippen LogP contribution in [0.1, 0.15) is 89.3 Å². The molecule has 0 aliphatic rings. The number of aldehydes is 1. The largest absolute Gasteiger partial charge is 0.363 e. The second kappa shape index (κ2) is 23.0. The Hall–Kier alpha value is -3.54. The molecule has 49 heavy (non-hydrogen) atoms. The molecule has 1 aromatic heterocycles. The lowest BCUT2D eigenvalue weighted by Crippen LogP contribution is -2.30. The number of unbranched alkanes of at least 4 members (excludes halogenated alkanes) is 5. The predicted molar refractivity (Wildman–Crippen MR) is 190 cm³/mol. The zero-order chi connectivity index (χ0) is 35.3. The van der Waals surface area contributed by atoms with Gasteiger partial charge in [-0.25, -0.2) is 9.57 Å². The molecule has 0 saturated carbocycles. The molecule has 3 aromatic rings. The zero-order valence-electron chi connectivity index (χ0n) is 29.3. The van der Waals surface area contributed by atoms with Gasteiger partial charge in [0.05, 0.1) is 37.8 Å². The van der Waals surface area contributed by atoms with E-state index in [1.165, 1.54) is 7.11 Å². The summed E-state index contributed by atoms with van der Waals surface area (Å²) in [6.07, 6.45) is 7.92. The van der Waals surface area contributed by atoms with E-state index in [1.54, 1.807) is 4.90 Å². The Bertz CT molecular complexity index is 1410. The lowest BCUT2D eigenvalue weighted by atomic mass is 10.0. The van der Waals surface area contributed by atoms with Crippen LogP contribution in [0.25, 0.3) is 11.3 Å². The third kappa shape index (κ3) is 14.5. The smallest absolute Gasteiger partial charge is 0.356 e. The van der Waals surface area contributed by atoms with Crippen LogP contribution < -0.4 is 10.2 Å². The second-order valence-corrected chi connectivity index (χ2v) is 13.0. The van der Waals surface area contributed by atoms with E-state index in [1.807, 2.05) is 80.1 Å². The first-order valence-electron chi connectivity index (χ1n) is 17.2. The maximum absolute atomic E-state index is 13.2. The molecule has 2 aromatic carbocycles. The molecule has 2 amide bonds. The number of para-hydroxylation sites is 1. The molecule has 1 N–H and O–H groups in total. The predicted octanol–water partition coefficient (Wildman–Crippen LogP) is 7.25. The van der Waals surface area contributed by atoms with E-state index in [0.29, 0.717) is 32.7 Å². The Morgan fingerprint density at radius 3 is 2.45 bits per heavy atom. The van der Waals surface area contributed by atoms with Crippen molar-refractivity contribution < 1.29 is 33.0 Å². The monoisotopic (exact) mass is 697 g/mol. The number of aryl methyl sites for hydroxylation is 2. The fraction of sp³-hybridized carbons (Fsp3) is 0.528. The Morgan fingerprint density at radius 1 is 0.959 bits per heavy atom. The summed E-state index contributed by atoms with van der Waals surface area (Å²) >= 11 is 0. The molecule has 268 valence electrons. The van der Waals surface area contributed by atoms with Crippen molar-refractivity contribution in [3.8, 4) is 11.3 Å². The summed E-state index contributed by atoms with van der Waals surface area (Å²) in [6, 6.07) is 17.5. The molecular formula is C36H52N5O7P. The number of rotatable bonds is 25. The van der Waals surface area contributed by atoms with Gasteiger partial charge in [0.1, 0.15) is 6.29 Å². The molecule has 1 unspecified atom stereocenters. The standard InChI is InChI=1S/C36H52N5O7P/c1-29(2)47-49(48-45-4)46-27-16-6-5-14-24-37-34(43)22-11-8-15-25-41-36(30(3)38-39-41)33-21-13-12-18-31(33)28-40(35(44)23-17-26-42)32-19-9-7-10-20-32/h7,9-10,12-13,18-21,26,29H,5-6,8,11,14-17,22-25,27-28H2,1-4H3,(H,37,43). The minimum Gasteiger partial charge on any atom is -0.356 e. The van der Waals surface area contributed by atoms with Crippen molar-refractivity contribution in [2.75, 3.05) is 25.2 Å². The molecular weight excluding hydrogens is 645 g/mol. The summed E-state index contributed by atoms with van der Waals surface area (Å²) in [6.45, 7) is 7.99. The first-order valence-corrected chi connectivity index (χ1v) is 18.3. The lowest BCUT2D eigenvalue weighted by molar-refractivity contribution is -0.192. The number of hydrogen-bond donors (Lipinski definition) is 1. The second-order valence-electron chi connectivity index (χ2n) is 12.0. The van der Waals surface area contributed by atoms with E-state index in [-0.39, 0.29) is 30.8 Å². The number of amides is 2. The molecule has 0 bridgehead atoms. The van der Waals surface area contributed by atoms with Crippen LogP contribution in [0.5, 0.6) is 0 Å². The number of carbonyl (C=O) groups is 3. The molecule has 0 aliphatic carbocycles. The number of anilines is 1. The minimum atomic E-state index is -1.49. The fourth-order valence-corrected chi connectivity index (χ4v) is 6.14. The van der Waals surface area contributed by atoms with Gasteiger partial charge in [-0.1, -0.05) is 66.9 Å². The van der Waals surface area contributed by atoms with Gasteiger partial charge in [-0.2, -0.15) is 4.67 Å². The highest BCUT2D eigenvalue weighted by Gasteiger charge is 2.21. The van der Waals surface area contributed by atoms with Crippen LogP contribution in [0, 0.1) is 6.92 Å². The van der Waals surface area contributed by atoms with E-state index < -0.39 is 8.60 Å². The summed E-state index contributed by atoms with van der Waals surface area (Å²) in [7, 11) is -0.0600. The summed E-state index contributed by atoms with van der Waals surface area (Å²) in [5, 5.41) is 11.8. The number of hydrogen-bond acceptors (Lipinski definition) is 9. The van der Waals surface area contributed by atoms with Crippen molar-refractivity contribution in [1.82, 2.24) is 20.3 Å². The fourth-order valence-electron chi connectivity index (χ4n) is 5.26. The van der Waals surface area contributed by atoms with Crippen molar-refractivity contribution in [2.45, 2.75) is 104 Å². The van der Waals surface area contributed by atoms with Gasteiger partial charge >= 0.3 is 8.60 Å². The van der Waals surface area contributed by atoms with E-state index in [2.05, 4.69) is 20.5 Å². The van der Waals surface area contributed by atoms with Crippen LogP contribution in [0.15, 0.2) is 54.6 Å². The molecule has 0 radical (unpaired) electrons. The maximum Gasteiger partial charge on any atom is 0.363 e. The topological polar surface area (TPSA) is 134 Å².